The van der Waals surface area contributed by atoms with Gasteiger partial charge in [-0.15, -0.1) is 0 Å². The molecule has 30 heteroatoms. The van der Waals surface area contributed by atoms with Crippen molar-refractivity contribution < 1.29 is 88.3 Å². The van der Waals surface area contributed by atoms with Crippen LogP contribution in [0.4, 0.5) is 0 Å². The van der Waals surface area contributed by atoms with E-state index in [-0.39, 0.29) is 81.2 Å². The van der Waals surface area contributed by atoms with Gasteiger partial charge in [0, 0.05) is 60.3 Å². The topological polar surface area (TPSA) is 378 Å². The number of Topliss-reactive ketones (excluding diaryl/α,β-unsaturated/α-hetero) is 1. The van der Waals surface area contributed by atoms with Gasteiger partial charge in [-0.3, -0.25) is 38.3 Å². The second kappa shape index (κ2) is 32.0. The molecule has 4 aromatic heterocycles. The molecule has 10 heterocycles. The number of ether oxygens (including phenoxy) is 7. The molecule has 2 saturated heterocycles. The maximum Gasteiger partial charge on any atom is 0.332 e. The Bertz CT molecular complexity index is 4720. The highest BCUT2D eigenvalue weighted by atomic mass is 32.2. The van der Waals surface area contributed by atoms with Crippen LogP contribution in [-0.2, 0) is 85.5 Å². The molecule has 4 aromatic rings. The number of ketones is 1. The molecule has 14 rings (SSSR count). The molecule has 10 aliphatic rings. The van der Waals surface area contributed by atoms with Gasteiger partial charge in [0.05, 0.1) is 101 Å². The van der Waals surface area contributed by atoms with E-state index in [0.717, 1.165) is 74.4 Å². The molecule has 0 unspecified atom stereocenters. The Morgan fingerprint density at radius 3 is 1.53 bits per heavy atom. The quantitative estimate of drug-likeness (QED) is 0.0674. The number of carbonyl (C=O) groups excluding carboxylic acids is 8. The summed E-state index contributed by atoms with van der Waals surface area (Å²) in [6.45, 7) is 20.0. The van der Waals surface area contributed by atoms with Crippen molar-refractivity contribution in [3.05, 3.63) is 71.1 Å². The Labute approximate surface area is 662 Å². The number of fused-ring (bicyclic) bond motifs is 10. The first kappa shape index (κ1) is 84.0. The number of allylic oxidation sites excluding steroid dienone is 3. The summed E-state index contributed by atoms with van der Waals surface area (Å²) in [4.78, 5) is 134. The SMILES string of the molecule is CC1(S(N)(=O)=O)CC1.CCOC(=O)[C@@]12C[C@H]1/C=C\CCCCC[C@H](CC(=O)OC(C)(C)C)C(=O)N1C[C@@]3(CCc4c(c(C)nc5ccc(OC)nc45)O3)C[C@H]1C(=O)N2.COc1ccc2nc(C)c3c(c2n1)CC[C@]1(C[C@H]2C(=O)C[C@]4(C(=O)NS(=O)(=O)C5(C)CC5)C[C@H]4/C=C\CCCCC[C@H](CC(=O)OC(C)(C)C)C(=O)N2C1)O3. The van der Waals surface area contributed by atoms with E-state index >= 15 is 0 Å². The number of nitrogens with zero attached hydrogens (tertiary/aromatic N) is 6. The number of rotatable bonds is 12. The minimum Gasteiger partial charge on any atom is -0.483 e. The lowest BCUT2D eigenvalue weighted by atomic mass is 9.85. The molecular weight excluding hydrogens is 1490 g/mol. The van der Waals surface area contributed by atoms with Gasteiger partial charge >= 0.3 is 17.9 Å². The van der Waals surface area contributed by atoms with Crippen molar-refractivity contribution in [3.63, 3.8) is 0 Å². The Hall–Kier alpha value is -8.38. The number of nitrogens with one attached hydrogen (secondary N) is 2. The van der Waals surface area contributed by atoms with Crippen LogP contribution in [0.1, 0.15) is 233 Å². The van der Waals surface area contributed by atoms with Crippen molar-refractivity contribution in [2.45, 2.75) is 286 Å². The number of aryl methyl sites for hydroxylation is 4. The second-order valence-corrected chi connectivity index (χ2v) is 39.8. The first-order valence-corrected chi connectivity index (χ1v) is 43.2. The molecule has 0 bridgehead atoms. The maximum absolute atomic E-state index is 14.8. The third kappa shape index (κ3) is 18.3. The summed E-state index contributed by atoms with van der Waals surface area (Å²) in [7, 11) is -4.05. The van der Waals surface area contributed by atoms with Crippen LogP contribution in [0.2, 0.25) is 0 Å². The standard InChI is InChI=1S/C41H54N4O9S.C38H50N4O8.C4H9NO2S/c1-25-35-28(34-29(42-25)14-15-32(43-34)52-6)16-17-40(54-35)22-30-31(46)23-41(37(49)44-55(50,51)39(5)18-19-39)21-27(41)13-11-9-7-8-10-12-26(36(48)45(30)24-40)20-33(47)53-38(2,3)4;1-7-48-35(46)38-20-25(38)14-12-10-8-9-11-13-24(19-30(43)49-36(3,4)5)34(45)42-22-37(21-28(42)33(44)41-38)18-17-26-31-27(15-16-29(40-31)47-6)39-23(2)32(26)50-37;1-4(2-3-4)8(5,6)7/h11,13-15,26-27,30H,7-10,12,16-24H2,1-6H3,(H,44,49);12,14-16,24-25,28H,7-11,13,17-22H2,1-6H3,(H,41,44);2-3H2,1H3,(H2,5,6,7)/b13-11-;14-12-;/t26-,27-,30+,40-,41-;24-,25-,28+,37-,38-;/m11./s1. The highest BCUT2D eigenvalue weighted by molar-refractivity contribution is 7.91. The maximum atomic E-state index is 14.8. The van der Waals surface area contributed by atoms with E-state index in [1.165, 1.54) is 0 Å². The molecule has 28 nitrogen and oxygen atoms in total. The zero-order valence-corrected chi connectivity index (χ0v) is 69.3. The van der Waals surface area contributed by atoms with Gasteiger partial charge in [-0.1, -0.05) is 50.0 Å². The molecule has 4 amide bonds. The van der Waals surface area contributed by atoms with Crippen LogP contribution in [0, 0.1) is 42.9 Å². The van der Waals surface area contributed by atoms with Crippen LogP contribution in [-0.4, -0.2) is 177 Å². The summed E-state index contributed by atoms with van der Waals surface area (Å²) < 4.78 is 89.5. The van der Waals surface area contributed by atoms with Crippen molar-refractivity contribution in [2.24, 2.45) is 34.2 Å². The molecule has 6 aliphatic heterocycles. The van der Waals surface area contributed by atoms with Gasteiger partial charge in [0.15, 0.2) is 5.78 Å². The lowest BCUT2D eigenvalue weighted by Crippen LogP contribution is -2.54. The van der Waals surface area contributed by atoms with E-state index in [4.69, 9.17) is 48.3 Å². The van der Waals surface area contributed by atoms with Gasteiger partial charge in [0.2, 0.25) is 55.4 Å². The predicted molar refractivity (Wildman–Crippen MR) is 419 cm³/mol. The van der Waals surface area contributed by atoms with E-state index in [9.17, 15) is 55.2 Å². The number of nitrogens with two attached hydrogens (primary N) is 1. The van der Waals surface area contributed by atoms with Crippen LogP contribution in [0.5, 0.6) is 23.3 Å². The van der Waals surface area contributed by atoms with Gasteiger partial charge in [-0.25, -0.2) is 46.7 Å². The average Bonchev–Trinajstić information content (AvgIpc) is 1.61. The zero-order chi connectivity index (χ0) is 81.8. The number of esters is 3. The predicted octanol–water partition coefficient (Wildman–Crippen LogP) is 10.2. The summed E-state index contributed by atoms with van der Waals surface area (Å²) in [5.74, 6) is -3.26. The first-order chi connectivity index (χ1) is 53.1. The normalized spacial score (nSPS) is 29.2. The monoisotopic (exact) mass is 1600 g/mol. The molecule has 4 aliphatic carbocycles. The highest BCUT2D eigenvalue weighted by Crippen LogP contribution is 2.59. The number of sulfonamides is 2. The first-order valence-electron chi connectivity index (χ1n) is 40.2. The Balaban J connectivity index is 0.000000191. The van der Waals surface area contributed by atoms with Crippen LogP contribution in [0.15, 0.2) is 48.6 Å². The van der Waals surface area contributed by atoms with E-state index in [0.29, 0.717) is 122 Å². The lowest BCUT2D eigenvalue weighted by molar-refractivity contribution is -0.159. The van der Waals surface area contributed by atoms with Crippen molar-refractivity contribution in [1.82, 2.24) is 39.8 Å². The molecule has 4 N–H and O–H groups in total. The van der Waals surface area contributed by atoms with Crippen LogP contribution in [0.25, 0.3) is 22.1 Å². The van der Waals surface area contributed by atoms with Gasteiger partial charge < -0.3 is 48.3 Å². The van der Waals surface area contributed by atoms with Crippen LogP contribution >= 0.6 is 0 Å². The van der Waals surface area contributed by atoms with Gasteiger partial charge in [0.1, 0.15) is 45.5 Å². The summed E-state index contributed by atoms with van der Waals surface area (Å²) in [5, 5.41) is 7.89. The van der Waals surface area contributed by atoms with Crippen molar-refractivity contribution >= 4 is 89.4 Å². The number of methoxy groups -OCH3 is 2. The highest BCUT2D eigenvalue weighted by Gasteiger charge is 2.65. The molecule has 0 aromatic carbocycles. The van der Waals surface area contributed by atoms with Crippen LogP contribution in [0.3, 0.4) is 0 Å². The van der Waals surface area contributed by atoms with Crippen molar-refractivity contribution in [1.29, 1.82) is 0 Å². The van der Waals surface area contributed by atoms with Crippen molar-refractivity contribution in [3.8, 4) is 23.3 Å². The smallest absolute Gasteiger partial charge is 0.332 e. The third-order valence-electron chi connectivity index (χ3n) is 24.3. The van der Waals surface area contributed by atoms with E-state index in [2.05, 4.69) is 26.1 Å². The molecular formula is C83H113N9O19S2. The van der Waals surface area contributed by atoms with Crippen molar-refractivity contribution in [2.75, 3.05) is 33.9 Å². The molecule has 4 saturated carbocycles. The summed E-state index contributed by atoms with van der Waals surface area (Å²) >= 11 is 0. The fourth-order valence-corrected chi connectivity index (χ4v) is 19.0. The summed E-state index contributed by atoms with van der Waals surface area (Å²) in [6, 6.07) is 5.37. The number of carbonyl (C=O) groups is 8. The van der Waals surface area contributed by atoms with Gasteiger partial charge in [0.25, 0.3) is 0 Å². The summed E-state index contributed by atoms with van der Waals surface area (Å²) in [6.07, 6.45) is 20.7. The third-order valence-corrected chi connectivity index (χ3v) is 28.2. The van der Waals surface area contributed by atoms with Gasteiger partial charge in [-0.05, 0) is 197 Å². The number of primary sulfonamides is 1. The average molecular weight is 1600 g/mol. The van der Waals surface area contributed by atoms with E-state index in [1.54, 1.807) is 98.5 Å². The number of hydrogen-bond acceptors (Lipinski definition) is 23. The fraction of sp³-hybridized carbons (Fsp3) is 0.663. The Kier molecular flexibility index (Phi) is 23.8. The number of amides is 4. The largest absolute Gasteiger partial charge is 0.483 e. The molecule has 6 fully saturated rings. The Morgan fingerprint density at radius 2 is 1.09 bits per heavy atom. The fourth-order valence-electron chi connectivity index (χ4n) is 17.0. The second-order valence-electron chi connectivity index (χ2n) is 35.5. The van der Waals surface area contributed by atoms with E-state index < -0.39 is 117 Å². The Morgan fingerprint density at radius 1 is 0.619 bits per heavy atom. The molecule has 0 radical (unpaired) electrons. The molecule has 10 atom stereocenters. The van der Waals surface area contributed by atoms with Gasteiger partial charge in [-0.2, -0.15) is 0 Å². The van der Waals surface area contributed by atoms with Crippen LogP contribution < -0.4 is 34.1 Å². The minimum atomic E-state index is -3.95. The number of hydrogen-bond donors (Lipinski definition) is 3. The molecule has 2 spiro atoms. The number of pyridine rings is 4. The lowest BCUT2D eigenvalue weighted by Gasteiger charge is -2.36. The van der Waals surface area contributed by atoms with E-state index in [1.807, 2.05) is 44.2 Å². The molecule has 113 heavy (non-hydrogen) atoms. The minimum absolute atomic E-state index is 0.0884. The number of aromatic nitrogens is 4. The summed E-state index contributed by atoms with van der Waals surface area (Å²) in [5.41, 5.74) is 0.224. The molecule has 616 valence electrons. The zero-order valence-electron chi connectivity index (χ0n) is 67.7.